The highest BCUT2D eigenvalue weighted by Crippen LogP contribution is 2.63. The molecular formula is C53H37N. The van der Waals surface area contributed by atoms with Gasteiger partial charge in [0.25, 0.3) is 0 Å². The Hall–Kier alpha value is -6.62. The van der Waals surface area contributed by atoms with E-state index in [0.717, 1.165) is 22.6 Å². The molecule has 11 rings (SSSR count). The second-order valence-electron chi connectivity index (χ2n) is 15.6. The molecule has 0 saturated heterocycles. The number of aryl methyl sites for hydroxylation is 1. The van der Waals surface area contributed by atoms with Crippen molar-refractivity contribution >= 4 is 17.1 Å². The van der Waals surface area contributed by atoms with Crippen LogP contribution in [0.5, 0.6) is 0 Å². The summed E-state index contributed by atoms with van der Waals surface area (Å²) in [4.78, 5) is 2.46. The lowest BCUT2D eigenvalue weighted by Gasteiger charge is -2.32. The van der Waals surface area contributed by atoms with Crippen molar-refractivity contribution in [1.29, 1.82) is 0 Å². The molecule has 1 heteroatoms. The predicted molar refractivity (Wildman–Crippen MR) is 223 cm³/mol. The maximum absolute atomic E-state index is 3.53. The van der Waals surface area contributed by atoms with E-state index in [4.69, 9.17) is 0 Å². The number of nitrogens with zero attached hydrogens (tertiary/aromatic N) is 1. The molecule has 0 amide bonds. The first-order chi connectivity index (χ1) is 26.4. The van der Waals surface area contributed by atoms with E-state index in [1.165, 1.54) is 77.9 Å². The molecule has 0 N–H and O–H groups in total. The van der Waals surface area contributed by atoms with Gasteiger partial charge in [0.15, 0.2) is 0 Å². The smallest absolute Gasteiger partial charge is 0.0733 e. The molecule has 3 aliphatic carbocycles. The molecule has 3 aliphatic rings. The van der Waals surface area contributed by atoms with E-state index in [-0.39, 0.29) is 5.41 Å². The zero-order valence-electron chi connectivity index (χ0n) is 30.6. The topological polar surface area (TPSA) is 3.24 Å². The Bertz CT molecular complexity index is 2740. The number of hydrogen-bond acceptors (Lipinski definition) is 1. The molecule has 0 radical (unpaired) electrons. The third-order valence-corrected chi connectivity index (χ3v) is 12.4. The lowest BCUT2D eigenvalue weighted by molar-refractivity contribution is 0.660. The highest BCUT2D eigenvalue weighted by Gasteiger charge is 2.52. The first-order valence-electron chi connectivity index (χ1n) is 18.9. The molecule has 0 aromatic heterocycles. The first-order valence-corrected chi connectivity index (χ1v) is 18.9. The van der Waals surface area contributed by atoms with Crippen molar-refractivity contribution in [3.63, 3.8) is 0 Å². The monoisotopic (exact) mass is 687 g/mol. The van der Waals surface area contributed by atoms with E-state index >= 15 is 0 Å². The Kier molecular flexibility index (Phi) is 6.42. The van der Waals surface area contributed by atoms with Gasteiger partial charge in [0.2, 0.25) is 0 Å². The van der Waals surface area contributed by atoms with Gasteiger partial charge in [-0.05, 0) is 128 Å². The van der Waals surface area contributed by atoms with Crippen LogP contribution >= 0.6 is 0 Å². The van der Waals surface area contributed by atoms with Gasteiger partial charge in [-0.3, -0.25) is 0 Å². The summed E-state index contributed by atoms with van der Waals surface area (Å²) in [5, 5.41) is 0. The number of rotatable bonds is 4. The number of anilines is 3. The Morgan fingerprint density at radius 3 is 1.61 bits per heavy atom. The molecule has 254 valence electrons. The van der Waals surface area contributed by atoms with Crippen LogP contribution in [0.2, 0.25) is 0 Å². The van der Waals surface area contributed by atoms with Gasteiger partial charge in [-0.15, -0.1) is 0 Å². The third-order valence-electron chi connectivity index (χ3n) is 12.4. The molecule has 8 aromatic rings. The lowest BCUT2D eigenvalue weighted by Crippen LogP contribution is -2.26. The van der Waals surface area contributed by atoms with Crippen molar-refractivity contribution in [2.45, 2.75) is 31.6 Å². The zero-order valence-corrected chi connectivity index (χ0v) is 30.6. The van der Waals surface area contributed by atoms with Crippen LogP contribution in [0, 0.1) is 19.1 Å². The molecule has 54 heavy (non-hydrogen) atoms. The van der Waals surface area contributed by atoms with E-state index < -0.39 is 5.41 Å². The van der Waals surface area contributed by atoms with Crippen molar-refractivity contribution in [3.8, 4) is 44.5 Å². The third kappa shape index (κ3) is 4.11. The highest BCUT2D eigenvalue weighted by atomic mass is 15.1. The molecule has 0 saturated carbocycles. The molecule has 0 heterocycles. The second kappa shape index (κ2) is 11.2. The standard InChI is InChI=1S/C53H37N/c1-34-20-22-35(23-21-34)36-24-26-37(27-25-36)54(38-28-30-44-40-12-4-8-16-46(40)52(2,3)50(44)32-38)39-29-31-45-43-15-7-11-19-49(43)53(51(45)33-39)47-17-9-5-13-41(47)42-14-6-10-18-48(42)53/h4-5,7-13,15-33H,1-3H3. The molecule has 0 bridgehead atoms. The second-order valence-corrected chi connectivity index (χ2v) is 15.6. The van der Waals surface area contributed by atoms with Gasteiger partial charge in [0, 0.05) is 28.0 Å². The van der Waals surface area contributed by atoms with Gasteiger partial charge in [-0.2, -0.15) is 0 Å². The van der Waals surface area contributed by atoms with Crippen LogP contribution in [0.15, 0.2) is 170 Å². The molecule has 0 fully saturated rings. The Morgan fingerprint density at radius 1 is 0.426 bits per heavy atom. The van der Waals surface area contributed by atoms with Crippen LogP contribution in [-0.2, 0) is 10.8 Å². The van der Waals surface area contributed by atoms with Gasteiger partial charge >= 0.3 is 0 Å². The fourth-order valence-corrected chi connectivity index (χ4v) is 9.90. The maximum atomic E-state index is 3.53. The van der Waals surface area contributed by atoms with Crippen LogP contribution in [0.25, 0.3) is 44.5 Å². The predicted octanol–water partition coefficient (Wildman–Crippen LogP) is 13.4. The van der Waals surface area contributed by atoms with Crippen LogP contribution in [0.4, 0.5) is 17.1 Å². The summed E-state index contributed by atoms with van der Waals surface area (Å²) in [5.74, 6) is 0. The average molecular weight is 688 g/mol. The molecule has 1 unspecified atom stereocenters. The largest absolute Gasteiger partial charge is 0.310 e. The first kappa shape index (κ1) is 31.0. The van der Waals surface area contributed by atoms with Crippen molar-refractivity contribution < 1.29 is 0 Å². The summed E-state index contributed by atoms with van der Waals surface area (Å²) in [5.41, 5.74) is 22.1. The summed E-state index contributed by atoms with van der Waals surface area (Å²) in [6.07, 6.45) is 0. The average Bonchev–Trinajstić information content (AvgIpc) is 3.77. The van der Waals surface area contributed by atoms with Crippen molar-refractivity contribution in [1.82, 2.24) is 0 Å². The number of benzene rings is 7. The summed E-state index contributed by atoms with van der Waals surface area (Å²) in [6, 6.07) is 70.1. The number of fused-ring (bicyclic) bond motifs is 13. The molecule has 1 atom stereocenters. The van der Waals surface area contributed by atoms with Crippen LogP contribution in [0.1, 0.15) is 52.8 Å². The van der Waals surface area contributed by atoms with Crippen LogP contribution in [-0.4, -0.2) is 0 Å². The number of hydrogen-bond donors (Lipinski definition) is 0. The van der Waals surface area contributed by atoms with E-state index in [1.54, 1.807) is 0 Å². The minimum atomic E-state index is -0.456. The maximum Gasteiger partial charge on any atom is 0.0733 e. The van der Waals surface area contributed by atoms with Gasteiger partial charge in [-0.25, -0.2) is 0 Å². The van der Waals surface area contributed by atoms with Gasteiger partial charge in [0.05, 0.1) is 5.41 Å². The Balaban J connectivity index is 1.14. The van der Waals surface area contributed by atoms with E-state index in [1.807, 2.05) is 6.07 Å². The summed E-state index contributed by atoms with van der Waals surface area (Å²) < 4.78 is 0. The van der Waals surface area contributed by atoms with Crippen molar-refractivity contribution in [2.75, 3.05) is 4.90 Å². The SMILES string of the molecule is Cc1ccc(-c2ccc(N(c3ccc4c(c3)C(C)(C)c3ccccc3-4)c3ccc4c(c3)C3(c5ccc#cc5-c5ccccc53)c3ccccc3-4)cc2)cc1. The van der Waals surface area contributed by atoms with Gasteiger partial charge < -0.3 is 4.90 Å². The molecule has 0 aliphatic heterocycles. The molecule has 8 aromatic carbocycles. The van der Waals surface area contributed by atoms with Crippen LogP contribution < -0.4 is 4.90 Å². The lowest BCUT2D eigenvalue weighted by atomic mass is 9.70. The fraction of sp³-hybridized carbons (Fsp3) is 0.0943. The summed E-state index contributed by atoms with van der Waals surface area (Å²) in [6.45, 7) is 6.86. The normalized spacial score (nSPS) is 14.4. The Morgan fingerprint density at radius 2 is 0.926 bits per heavy atom. The fourth-order valence-electron chi connectivity index (χ4n) is 9.90. The summed E-state index contributed by atoms with van der Waals surface area (Å²) >= 11 is 0. The summed E-state index contributed by atoms with van der Waals surface area (Å²) in [7, 11) is 0. The van der Waals surface area contributed by atoms with Gasteiger partial charge in [-0.1, -0.05) is 153 Å². The molecule has 1 nitrogen and oxygen atoms in total. The van der Waals surface area contributed by atoms with E-state index in [9.17, 15) is 0 Å². The minimum absolute atomic E-state index is 0.114. The van der Waals surface area contributed by atoms with Gasteiger partial charge in [0.1, 0.15) is 0 Å². The highest BCUT2D eigenvalue weighted by molar-refractivity contribution is 5.96. The molecule has 1 spiro atoms. The minimum Gasteiger partial charge on any atom is -0.310 e. The zero-order chi connectivity index (χ0) is 36.2. The Labute approximate surface area is 317 Å². The van der Waals surface area contributed by atoms with E-state index in [2.05, 4.69) is 202 Å². The van der Waals surface area contributed by atoms with Crippen LogP contribution in [0.3, 0.4) is 0 Å². The molecular weight excluding hydrogens is 651 g/mol. The van der Waals surface area contributed by atoms with Crippen molar-refractivity contribution in [2.24, 2.45) is 0 Å². The quantitative estimate of drug-likeness (QED) is 0.178. The van der Waals surface area contributed by atoms with Crippen molar-refractivity contribution in [3.05, 3.63) is 221 Å². The van der Waals surface area contributed by atoms with E-state index in [0.29, 0.717) is 0 Å².